The number of nitrogens with one attached hydrogen (secondary N) is 2. The molecule has 0 aliphatic heterocycles. The van der Waals surface area contributed by atoms with Gasteiger partial charge in [-0.25, -0.2) is 9.18 Å². The summed E-state index contributed by atoms with van der Waals surface area (Å²) in [6.45, 7) is 1.30. The third-order valence-corrected chi connectivity index (χ3v) is 2.39. The number of hydrogen-bond donors (Lipinski definition) is 3. The summed E-state index contributed by atoms with van der Waals surface area (Å²) in [6.07, 6.45) is 0. The molecule has 17 heavy (non-hydrogen) atoms. The maximum Gasteiger partial charge on any atom is 0.325 e. The quantitative estimate of drug-likeness (QED) is 0.801. The van der Waals surface area contributed by atoms with E-state index in [9.17, 15) is 14.0 Å². The fourth-order valence-corrected chi connectivity index (χ4v) is 1.37. The van der Waals surface area contributed by atoms with Gasteiger partial charge in [-0.15, -0.1) is 0 Å². The summed E-state index contributed by atoms with van der Waals surface area (Å²) in [7, 11) is 0. The van der Waals surface area contributed by atoms with Crippen LogP contribution < -0.4 is 10.6 Å². The highest BCUT2D eigenvalue weighted by molar-refractivity contribution is 9.10. The van der Waals surface area contributed by atoms with Crippen molar-refractivity contribution < 1.29 is 19.1 Å². The molecule has 0 aliphatic carbocycles. The molecule has 0 saturated carbocycles. The van der Waals surface area contributed by atoms with Crippen LogP contribution in [-0.4, -0.2) is 23.1 Å². The van der Waals surface area contributed by atoms with E-state index >= 15 is 0 Å². The van der Waals surface area contributed by atoms with Gasteiger partial charge in [-0.1, -0.05) is 15.9 Å². The van der Waals surface area contributed by atoms with Gasteiger partial charge in [-0.2, -0.15) is 0 Å². The molecule has 0 radical (unpaired) electrons. The fraction of sp³-hybridized carbons (Fsp3) is 0.200. The summed E-state index contributed by atoms with van der Waals surface area (Å²) in [4.78, 5) is 21.8. The zero-order chi connectivity index (χ0) is 13.0. The normalized spacial score (nSPS) is 11.7. The molecular formula is C10H10BrFN2O3. The van der Waals surface area contributed by atoms with Gasteiger partial charge in [-0.05, 0) is 25.1 Å². The Balaban J connectivity index is 2.68. The van der Waals surface area contributed by atoms with Crippen LogP contribution in [0.2, 0.25) is 0 Å². The summed E-state index contributed by atoms with van der Waals surface area (Å²) in [5, 5.41) is 12.9. The van der Waals surface area contributed by atoms with Gasteiger partial charge in [0.2, 0.25) is 0 Å². The van der Waals surface area contributed by atoms with E-state index in [0.29, 0.717) is 4.47 Å². The minimum atomic E-state index is -1.17. The van der Waals surface area contributed by atoms with E-state index in [2.05, 4.69) is 26.6 Å². The summed E-state index contributed by atoms with van der Waals surface area (Å²) in [6, 6.07) is 2.21. The molecule has 1 rings (SSSR count). The molecule has 1 aromatic rings. The monoisotopic (exact) mass is 304 g/mol. The topological polar surface area (TPSA) is 78.4 Å². The number of anilines is 1. The third kappa shape index (κ3) is 4.03. The number of carbonyl (C=O) groups is 2. The molecule has 1 unspecified atom stereocenters. The Hall–Kier alpha value is -1.63. The van der Waals surface area contributed by atoms with Gasteiger partial charge in [0, 0.05) is 4.47 Å². The van der Waals surface area contributed by atoms with Gasteiger partial charge >= 0.3 is 12.0 Å². The first kappa shape index (κ1) is 13.4. The van der Waals surface area contributed by atoms with E-state index < -0.39 is 23.9 Å². The second kappa shape index (κ2) is 5.62. The van der Waals surface area contributed by atoms with Gasteiger partial charge in [0.15, 0.2) is 0 Å². The molecule has 5 nitrogen and oxygen atoms in total. The van der Waals surface area contributed by atoms with Crippen molar-refractivity contribution >= 4 is 33.6 Å². The Kier molecular flexibility index (Phi) is 4.45. The van der Waals surface area contributed by atoms with Crippen LogP contribution in [0.3, 0.4) is 0 Å². The van der Waals surface area contributed by atoms with Crippen molar-refractivity contribution in [2.24, 2.45) is 0 Å². The second-order valence-corrected chi connectivity index (χ2v) is 4.20. The van der Waals surface area contributed by atoms with E-state index in [4.69, 9.17) is 5.11 Å². The van der Waals surface area contributed by atoms with Crippen LogP contribution in [0.5, 0.6) is 0 Å². The van der Waals surface area contributed by atoms with Gasteiger partial charge in [0.05, 0.1) is 5.69 Å². The molecule has 0 aromatic heterocycles. The summed E-state index contributed by atoms with van der Waals surface area (Å²) in [5.74, 6) is -1.78. The number of urea groups is 1. The highest BCUT2D eigenvalue weighted by atomic mass is 79.9. The number of carboxylic acid groups (broad SMARTS) is 1. The molecule has 92 valence electrons. The van der Waals surface area contributed by atoms with Crippen molar-refractivity contribution in [3.63, 3.8) is 0 Å². The van der Waals surface area contributed by atoms with E-state index in [1.807, 2.05) is 0 Å². The molecular weight excluding hydrogens is 295 g/mol. The molecule has 1 atom stereocenters. The van der Waals surface area contributed by atoms with Gasteiger partial charge < -0.3 is 15.7 Å². The molecule has 0 spiro atoms. The zero-order valence-electron chi connectivity index (χ0n) is 8.83. The lowest BCUT2D eigenvalue weighted by Crippen LogP contribution is -2.41. The molecule has 0 heterocycles. The molecule has 0 fully saturated rings. The predicted octanol–water partition coefficient (Wildman–Crippen LogP) is 2.18. The number of carbonyl (C=O) groups excluding carboxylic acids is 1. The number of aliphatic carboxylic acids is 1. The molecule has 0 aliphatic rings. The van der Waals surface area contributed by atoms with E-state index in [0.717, 1.165) is 0 Å². The Bertz CT molecular complexity index is 453. The van der Waals surface area contributed by atoms with Crippen LogP contribution in [0.4, 0.5) is 14.9 Å². The summed E-state index contributed by atoms with van der Waals surface area (Å²) >= 11 is 3.13. The number of halogens is 2. The third-order valence-electron chi connectivity index (χ3n) is 1.89. The summed E-state index contributed by atoms with van der Waals surface area (Å²) < 4.78 is 13.8. The number of rotatable bonds is 3. The lowest BCUT2D eigenvalue weighted by atomic mass is 10.3. The Morgan fingerprint density at radius 2 is 2.12 bits per heavy atom. The maximum atomic E-state index is 13.2. The number of amides is 2. The van der Waals surface area contributed by atoms with Crippen LogP contribution in [0, 0.1) is 5.82 Å². The number of carboxylic acids is 1. The first-order chi connectivity index (χ1) is 7.90. The zero-order valence-corrected chi connectivity index (χ0v) is 10.4. The molecule has 7 heteroatoms. The molecule has 3 N–H and O–H groups in total. The Morgan fingerprint density at radius 1 is 1.47 bits per heavy atom. The highest BCUT2D eigenvalue weighted by Gasteiger charge is 2.14. The van der Waals surface area contributed by atoms with E-state index in [1.165, 1.54) is 25.1 Å². The van der Waals surface area contributed by atoms with E-state index in [-0.39, 0.29) is 5.69 Å². The first-order valence-corrected chi connectivity index (χ1v) is 5.45. The fourth-order valence-electron chi connectivity index (χ4n) is 1.01. The van der Waals surface area contributed by atoms with Crippen LogP contribution >= 0.6 is 15.9 Å². The maximum absolute atomic E-state index is 13.2. The van der Waals surface area contributed by atoms with Crippen LogP contribution in [0.1, 0.15) is 6.92 Å². The molecule has 2 amide bonds. The van der Waals surface area contributed by atoms with E-state index in [1.54, 1.807) is 0 Å². The van der Waals surface area contributed by atoms with Crippen molar-refractivity contribution in [3.05, 3.63) is 28.5 Å². The molecule has 0 saturated heterocycles. The van der Waals surface area contributed by atoms with Gasteiger partial charge in [0.1, 0.15) is 11.9 Å². The van der Waals surface area contributed by atoms with Crippen molar-refractivity contribution in [1.82, 2.24) is 5.32 Å². The van der Waals surface area contributed by atoms with Crippen molar-refractivity contribution in [2.45, 2.75) is 13.0 Å². The van der Waals surface area contributed by atoms with Crippen molar-refractivity contribution in [2.75, 3.05) is 5.32 Å². The van der Waals surface area contributed by atoms with Crippen LogP contribution in [0.15, 0.2) is 22.7 Å². The van der Waals surface area contributed by atoms with Crippen LogP contribution in [-0.2, 0) is 4.79 Å². The predicted molar refractivity (Wildman–Crippen MR) is 63.4 cm³/mol. The second-order valence-electron chi connectivity index (χ2n) is 3.28. The molecule has 0 bridgehead atoms. The average Bonchev–Trinajstić information content (AvgIpc) is 2.23. The first-order valence-electron chi connectivity index (χ1n) is 4.65. The van der Waals surface area contributed by atoms with Gasteiger partial charge in [0.25, 0.3) is 0 Å². The minimum Gasteiger partial charge on any atom is -0.480 e. The lowest BCUT2D eigenvalue weighted by Gasteiger charge is -2.11. The van der Waals surface area contributed by atoms with Crippen LogP contribution in [0.25, 0.3) is 0 Å². The van der Waals surface area contributed by atoms with Gasteiger partial charge in [-0.3, -0.25) is 4.79 Å². The number of benzene rings is 1. The smallest absolute Gasteiger partial charge is 0.325 e. The van der Waals surface area contributed by atoms with Crippen molar-refractivity contribution in [1.29, 1.82) is 0 Å². The summed E-state index contributed by atoms with van der Waals surface area (Å²) in [5.41, 5.74) is -0.0329. The number of hydrogen-bond acceptors (Lipinski definition) is 2. The Morgan fingerprint density at radius 3 is 2.71 bits per heavy atom. The standard InChI is InChI=1S/C10H10BrFN2O3/c1-5(9(15)16)13-10(17)14-8-4-6(11)2-3-7(8)12/h2-5H,1H3,(H,15,16)(H2,13,14,17). The Labute approximate surface area is 105 Å². The average molecular weight is 305 g/mol. The largest absolute Gasteiger partial charge is 0.480 e. The SMILES string of the molecule is CC(NC(=O)Nc1cc(Br)ccc1F)C(=O)O. The molecule has 1 aromatic carbocycles. The minimum absolute atomic E-state index is 0.0329. The lowest BCUT2D eigenvalue weighted by molar-refractivity contribution is -0.138. The highest BCUT2D eigenvalue weighted by Crippen LogP contribution is 2.19. The van der Waals surface area contributed by atoms with Crippen molar-refractivity contribution in [3.8, 4) is 0 Å².